The van der Waals surface area contributed by atoms with Gasteiger partial charge in [-0.3, -0.25) is 9.52 Å². The molecule has 1 N–H and O–H groups in total. The molecule has 0 aliphatic rings. The van der Waals surface area contributed by atoms with Gasteiger partial charge in [-0.15, -0.1) is 0 Å². The van der Waals surface area contributed by atoms with Crippen molar-refractivity contribution < 1.29 is 4.79 Å². The Morgan fingerprint density at radius 2 is 2.08 bits per heavy atom. The van der Waals surface area contributed by atoms with E-state index < -0.39 is 0 Å². The molecule has 0 unspecified atom stereocenters. The molecule has 3 heteroatoms. The number of hydrogen-bond acceptors (Lipinski definition) is 2. The molecule has 12 heavy (non-hydrogen) atoms. The molecule has 0 aromatic heterocycles. The Hall–Kier alpha value is -0.960. The SMILES string of the molecule is CCSNC(=O)c1ccccc1. The van der Waals surface area contributed by atoms with E-state index in [0.29, 0.717) is 5.56 Å². The summed E-state index contributed by atoms with van der Waals surface area (Å²) < 4.78 is 2.73. The molecule has 0 bridgehead atoms. The fraction of sp³-hybridized carbons (Fsp3) is 0.222. The molecule has 1 aromatic rings. The third-order valence-corrected chi connectivity index (χ3v) is 1.96. The fourth-order valence-electron chi connectivity index (χ4n) is 0.786. The Kier molecular flexibility index (Phi) is 3.67. The zero-order chi connectivity index (χ0) is 8.81. The first-order valence-corrected chi connectivity index (χ1v) is 4.80. The number of amides is 1. The molecule has 0 heterocycles. The van der Waals surface area contributed by atoms with Crippen molar-refractivity contribution in [3.63, 3.8) is 0 Å². The largest absolute Gasteiger partial charge is 0.296 e. The van der Waals surface area contributed by atoms with Crippen molar-refractivity contribution in [2.45, 2.75) is 6.92 Å². The van der Waals surface area contributed by atoms with E-state index in [0.717, 1.165) is 5.75 Å². The van der Waals surface area contributed by atoms with Crippen LogP contribution in [0, 0.1) is 0 Å². The molecule has 2 nitrogen and oxygen atoms in total. The van der Waals surface area contributed by atoms with E-state index >= 15 is 0 Å². The Labute approximate surface area is 76.5 Å². The second-order valence-corrected chi connectivity index (χ2v) is 3.30. The number of hydrogen-bond donors (Lipinski definition) is 1. The van der Waals surface area contributed by atoms with Gasteiger partial charge in [0.15, 0.2) is 0 Å². The Morgan fingerprint density at radius 1 is 1.42 bits per heavy atom. The van der Waals surface area contributed by atoms with E-state index in [-0.39, 0.29) is 5.91 Å². The van der Waals surface area contributed by atoms with Crippen LogP contribution in [0.25, 0.3) is 0 Å². The van der Waals surface area contributed by atoms with Gasteiger partial charge in [-0.25, -0.2) is 0 Å². The van der Waals surface area contributed by atoms with Crippen LogP contribution in [0.5, 0.6) is 0 Å². The average Bonchev–Trinajstić information content (AvgIpc) is 2.15. The Morgan fingerprint density at radius 3 is 2.67 bits per heavy atom. The maximum Gasteiger partial charge on any atom is 0.261 e. The van der Waals surface area contributed by atoms with Crippen molar-refractivity contribution >= 4 is 17.9 Å². The predicted molar refractivity (Wildman–Crippen MR) is 52.0 cm³/mol. The molecule has 0 spiro atoms. The molecule has 0 aliphatic heterocycles. The number of carbonyl (C=O) groups excluding carboxylic acids is 1. The van der Waals surface area contributed by atoms with Crippen molar-refractivity contribution in [1.29, 1.82) is 0 Å². The van der Waals surface area contributed by atoms with E-state index in [1.807, 2.05) is 25.1 Å². The first-order valence-electron chi connectivity index (χ1n) is 3.81. The minimum atomic E-state index is -0.0255. The molecular weight excluding hydrogens is 170 g/mol. The van der Waals surface area contributed by atoms with E-state index in [9.17, 15) is 4.79 Å². The first kappa shape index (κ1) is 9.13. The number of carbonyl (C=O) groups is 1. The third kappa shape index (κ3) is 2.58. The lowest BCUT2D eigenvalue weighted by Crippen LogP contribution is -2.15. The Balaban J connectivity index is 2.54. The molecule has 1 amide bonds. The summed E-state index contributed by atoms with van der Waals surface area (Å²) in [6.07, 6.45) is 0. The summed E-state index contributed by atoms with van der Waals surface area (Å²) in [5.74, 6) is 0.862. The second-order valence-electron chi connectivity index (χ2n) is 2.23. The van der Waals surface area contributed by atoms with Crippen molar-refractivity contribution in [2.24, 2.45) is 0 Å². The van der Waals surface area contributed by atoms with E-state index in [4.69, 9.17) is 0 Å². The summed E-state index contributed by atoms with van der Waals surface area (Å²) in [5, 5.41) is 0. The third-order valence-electron chi connectivity index (χ3n) is 1.35. The highest BCUT2D eigenvalue weighted by atomic mass is 32.2. The topological polar surface area (TPSA) is 29.1 Å². The summed E-state index contributed by atoms with van der Waals surface area (Å²) in [5.41, 5.74) is 0.707. The van der Waals surface area contributed by atoms with E-state index in [1.54, 1.807) is 12.1 Å². The van der Waals surface area contributed by atoms with Crippen LogP contribution in [0.15, 0.2) is 30.3 Å². The molecule has 1 aromatic carbocycles. The molecule has 0 saturated carbocycles. The molecule has 0 saturated heterocycles. The number of nitrogens with one attached hydrogen (secondary N) is 1. The van der Waals surface area contributed by atoms with Gasteiger partial charge in [0.1, 0.15) is 0 Å². The minimum absolute atomic E-state index is 0.0255. The van der Waals surface area contributed by atoms with Crippen molar-refractivity contribution in [2.75, 3.05) is 5.75 Å². The molecule has 0 radical (unpaired) electrons. The van der Waals surface area contributed by atoms with Gasteiger partial charge in [0.25, 0.3) is 5.91 Å². The van der Waals surface area contributed by atoms with E-state index in [2.05, 4.69) is 4.72 Å². The summed E-state index contributed by atoms with van der Waals surface area (Å²) >= 11 is 1.41. The maximum atomic E-state index is 11.3. The molecule has 0 atom stereocenters. The molecule has 0 aliphatic carbocycles. The Bertz CT molecular complexity index is 248. The van der Waals surface area contributed by atoms with Gasteiger partial charge in [0, 0.05) is 11.3 Å². The molecule has 64 valence electrons. The normalized spacial score (nSPS) is 9.42. The lowest BCUT2D eigenvalue weighted by atomic mass is 10.2. The van der Waals surface area contributed by atoms with Gasteiger partial charge in [-0.1, -0.05) is 37.1 Å². The first-order chi connectivity index (χ1) is 5.84. The smallest absolute Gasteiger partial charge is 0.261 e. The van der Waals surface area contributed by atoms with Crippen molar-refractivity contribution in [3.05, 3.63) is 35.9 Å². The van der Waals surface area contributed by atoms with Crippen LogP contribution in [-0.4, -0.2) is 11.7 Å². The zero-order valence-electron chi connectivity index (χ0n) is 6.91. The lowest BCUT2D eigenvalue weighted by molar-refractivity contribution is 0.0984. The van der Waals surface area contributed by atoms with Crippen molar-refractivity contribution in [1.82, 2.24) is 4.72 Å². The molecule has 1 rings (SSSR count). The average molecular weight is 181 g/mol. The molecule has 0 fully saturated rings. The van der Waals surface area contributed by atoms with Crippen LogP contribution >= 0.6 is 11.9 Å². The fourth-order valence-corrected chi connectivity index (χ4v) is 1.18. The van der Waals surface area contributed by atoms with Crippen LogP contribution in [0.3, 0.4) is 0 Å². The summed E-state index contributed by atoms with van der Waals surface area (Å²) in [6, 6.07) is 9.19. The highest BCUT2D eigenvalue weighted by Crippen LogP contribution is 2.00. The standard InChI is InChI=1S/C9H11NOS/c1-2-12-10-9(11)8-6-4-3-5-7-8/h3-7H,2H2,1H3,(H,10,11). The van der Waals surface area contributed by atoms with Gasteiger partial charge in [0.05, 0.1) is 0 Å². The number of benzene rings is 1. The summed E-state index contributed by atoms with van der Waals surface area (Å²) in [7, 11) is 0. The van der Waals surface area contributed by atoms with Gasteiger partial charge >= 0.3 is 0 Å². The molecular formula is C9H11NOS. The minimum Gasteiger partial charge on any atom is -0.296 e. The van der Waals surface area contributed by atoms with Gasteiger partial charge < -0.3 is 0 Å². The highest BCUT2D eigenvalue weighted by molar-refractivity contribution is 7.97. The van der Waals surface area contributed by atoms with Crippen LogP contribution < -0.4 is 4.72 Å². The van der Waals surface area contributed by atoms with E-state index in [1.165, 1.54) is 11.9 Å². The van der Waals surface area contributed by atoms with Crippen molar-refractivity contribution in [3.8, 4) is 0 Å². The summed E-state index contributed by atoms with van der Waals surface area (Å²) in [6.45, 7) is 2.00. The quantitative estimate of drug-likeness (QED) is 0.723. The maximum absolute atomic E-state index is 11.3. The monoisotopic (exact) mass is 181 g/mol. The van der Waals surface area contributed by atoms with Crippen LogP contribution in [0.2, 0.25) is 0 Å². The van der Waals surface area contributed by atoms with Gasteiger partial charge in [-0.2, -0.15) is 0 Å². The highest BCUT2D eigenvalue weighted by Gasteiger charge is 2.01. The predicted octanol–water partition coefficient (Wildman–Crippen LogP) is 2.08. The van der Waals surface area contributed by atoms with Crippen LogP contribution in [0.1, 0.15) is 17.3 Å². The van der Waals surface area contributed by atoms with Crippen LogP contribution in [-0.2, 0) is 0 Å². The van der Waals surface area contributed by atoms with Gasteiger partial charge in [0.2, 0.25) is 0 Å². The number of rotatable bonds is 3. The summed E-state index contributed by atoms with van der Waals surface area (Å²) in [4.78, 5) is 11.3. The zero-order valence-corrected chi connectivity index (χ0v) is 7.73. The lowest BCUT2D eigenvalue weighted by Gasteiger charge is -2.00. The van der Waals surface area contributed by atoms with Gasteiger partial charge in [-0.05, 0) is 12.1 Å². The van der Waals surface area contributed by atoms with Crippen LogP contribution in [0.4, 0.5) is 0 Å². The second kappa shape index (κ2) is 4.83.